The lowest BCUT2D eigenvalue weighted by Gasteiger charge is -2.38. The van der Waals surface area contributed by atoms with E-state index < -0.39 is 0 Å². The highest BCUT2D eigenvalue weighted by Crippen LogP contribution is 2.20. The van der Waals surface area contributed by atoms with Crippen molar-refractivity contribution in [2.75, 3.05) is 39.8 Å². The summed E-state index contributed by atoms with van der Waals surface area (Å²) in [4.78, 5) is 5.02. The van der Waals surface area contributed by atoms with E-state index in [1.165, 1.54) is 38.9 Å². The van der Waals surface area contributed by atoms with Crippen LogP contribution in [0.1, 0.15) is 40.0 Å². The monoisotopic (exact) mass is 241 g/mol. The van der Waals surface area contributed by atoms with Crippen molar-refractivity contribution in [2.45, 2.75) is 52.1 Å². The Labute approximate surface area is 108 Å². The molecule has 1 aliphatic rings. The first kappa shape index (κ1) is 14.9. The average molecular weight is 241 g/mol. The largest absolute Gasteiger partial charge is 0.314 e. The van der Waals surface area contributed by atoms with Crippen LogP contribution in [0, 0.1) is 0 Å². The van der Waals surface area contributed by atoms with Crippen molar-refractivity contribution >= 4 is 0 Å². The Morgan fingerprint density at radius 1 is 1.24 bits per heavy atom. The van der Waals surface area contributed by atoms with Crippen LogP contribution >= 0.6 is 0 Å². The topological polar surface area (TPSA) is 18.5 Å². The van der Waals surface area contributed by atoms with Gasteiger partial charge < -0.3 is 10.2 Å². The lowest BCUT2D eigenvalue weighted by molar-refractivity contribution is 0.123. The quantitative estimate of drug-likeness (QED) is 0.686. The van der Waals surface area contributed by atoms with Crippen molar-refractivity contribution in [2.24, 2.45) is 0 Å². The molecule has 0 spiro atoms. The van der Waals surface area contributed by atoms with Crippen molar-refractivity contribution in [1.82, 2.24) is 15.1 Å². The van der Waals surface area contributed by atoms with Gasteiger partial charge in [0.2, 0.25) is 0 Å². The van der Waals surface area contributed by atoms with Crippen LogP contribution < -0.4 is 5.32 Å². The molecule has 2 atom stereocenters. The first-order valence-electron chi connectivity index (χ1n) is 7.34. The Hall–Kier alpha value is -0.120. The normalized spacial score (nSPS) is 26.6. The number of nitrogens with one attached hydrogen (secondary N) is 1. The average Bonchev–Trinajstić information content (AvgIpc) is 2.34. The van der Waals surface area contributed by atoms with E-state index in [9.17, 15) is 0 Å². The van der Waals surface area contributed by atoms with Crippen molar-refractivity contribution in [3.63, 3.8) is 0 Å². The van der Waals surface area contributed by atoms with E-state index in [1.807, 2.05) is 0 Å². The maximum atomic E-state index is 3.62. The van der Waals surface area contributed by atoms with Crippen molar-refractivity contribution < 1.29 is 0 Å². The zero-order valence-electron chi connectivity index (χ0n) is 12.2. The van der Waals surface area contributed by atoms with Gasteiger partial charge in [0.25, 0.3) is 0 Å². The van der Waals surface area contributed by atoms with E-state index in [0.717, 1.165) is 25.2 Å². The molecule has 2 unspecified atom stereocenters. The summed E-state index contributed by atoms with van der Waals surface area (Å²) in [5.41, 5.74) is 0. The summed E-state index contributed by atoms with van der Waals surface area (Å²) in [6.45, 7) is 12.6. The summed E-state index contributed by atoms with van der Waals surface area (Å²) in [5.74, 6) is 0. The highest BCUT2D eigenvalue weighted by atomic mass is 15.2. The standard InChI is InChI=1S/C14H31N3/c1-5-17(6-2)11-10-15-12-14-9-7-8-13(3)16(14)4/h13-15H,5-12H2,1-4H3. The van der Waals surface area contributed by atoms with Gasteiger partial charge in [-0.05, 0) is 39.9 Å². The Bertz CT molecular complexity index is 192. The van der Waals surface area contributed by atoms with Crippen LogP contribution in [0.3, 0.4) is 0 Å². The van der Waals surface area contributed by atoms with E-state index in [-0.39, 0.29) is 0 Å². The molecular formula is C14H31N3. The highest BCUT2D eigenvalue weighted by molar-refractivity contribution is 4.81. The van der Waals surface area contributed by atoms with Crippen LogP contribution in [0.4, 0.5) is 0 Å². The summed E-state index contributed by atoms with van der Waals surface area (Å²) >= 11 is 0. The predicted molar refractivity (Wildman–Crippen MR) is 75.5 cm³/mol. The highest BCUT2D eigenvalue weighted by Gasteiger charge is 2.23. The number of likely N-dealkylation sites (N-methyl/N-ethyl adjacent to an activating group) is 2. The van der Waals surface area contributed by atoms with Gasteiger partial charge in [-0.15, -0.1) is 0 Å². The second-order valence-corrected chi connectivity index (χ2v) is 5.33. The molecule has 1 N–H and O–H groups in total. The van der Waals surface area contributed by atoms with Crippen LogP contribution in [0.2, 0.25) is 0 Å². The van der Waals surface area contributed by atoms with E-state index in [0.29, 0.717) is 0 Å². The van der Waals surface area contributed by atoms with Gasteiger partial charge in [-0.3, -0.25) is 4.90 Å². The zero-order chi connectivity index (χ0) is 12.7. The molecule has 0 aromatic heterocycles. The predicted octanol–water partition coefficient (Wildman–Crippen LogP) is 1.79. The van der Waals surface area contributed by atoms with Gasteiger partial charge in [0.1, 0.15) is 0 Å². The number of likely N-dealkylation sites (tertiary alicyclic amines) is 1. The van der Waals surface area contributed by atoms with Gasteiger partial charge in [-0.25, -0.2) is 0 Å². The molecule has 1 heterocycles. The van der Waals surface area contributed by atoms with Gasteiger partial charge >= 0.3 is 0 Å². The molecule has 0 saturated carbocycles. The Kier molecular flexibility index (Phi) is 7.09. The lowest BCUT2D eigenvalue weighted by Crippen LogP contribution is -2.48. The third-order valence-electron chi connectivity index (χ3n) is 4.31. The molecule has 1 rings (SSSR count). The first-order valence-corrected chi connectivity index (χ1v) is 7.34. The number of nitrogens with zero attached hydrogens (tertiary/aromatic N) is 2. The summed E-state index contributed by atoms with van der Waals surface area (Å²) in [7, 11) is 2.28. The molecule has 0 aromatic carbocycles. The smallest absolute Gasteiger partial charge is 0.0220 e. The lowest BCUT2D eigenvalue weighted by atomic mass is 9.97. The summed E-state index contributed by atoms with van der Waals surface area (Å²) in [6.07, 6.45) is 4.12. The fourth-order valence-electron chi connectivity index (χ4n) is 2.71. The fourth-order valence-corrected chi connectivity index (χ4v) is 2.71. The van der Waals surface area contributed by atoms with Gasteiger partial charge in [-0.1, -0.05) is 20.3 Å². The Morgan fingerprint density at radius 2 is 1.94 bits per heavy atom. The molecular weight excluding hydrogens is 210 g/mol. The van der Waals surface area contributed by atoms with E-state index in [4.69, 9.17) is 0 Å². The second kappa shape index (κ2) is 8.06. The minimum atomic E-state index is 0.746. The number of hydrogen-bond donors (Lipinski definition) is 1. The molecule has 0 bridgehead atoms. The third kappa shape index (κ3) is 4.94. The van der Waals surface area contributed by atoms with Crippen LogP contribution in [0.25, 0.3) is 0 Å². The van der Waals surface area contributed by atoms with Gasteiger partial charge in [0.15, 0.2) is 0 Å². The SMILES string of the molecule is CCN(CC)CCNCC1CCCC(C)N1C. The molecule has 17 heavy (non-hydrogen) atoms. The van der Waals surface area contributed by atoms with Crippen molar-refractivity contribution in [3.8, 4) is 0 Å². The number of rotatable bonds is 7. The summed E-state index contributed by atoms with van der Waals surface area (Å²) in [6, 6.07) is 1.51. The Balaban J connectivity index is 2.13. The van der Waals surface area contributed by atoms with Crippen LogP contribution in [0.15, 0.2) is 0 Å². The molecule has 0 aliphatic carbocycles. The van der Waals surface area contributed by atoms with Gasteiger partial charge in [-0.2, -0.15) is 0 Å². The maximum absolute atomic E-state index is 3.62. The molecule has 0 amide bonds. The molecule has 0 radical (unpaired) electrons. The number of hydrogen-bond acceptors (Lipinski definition) is 3. The minimum Gasteiger partial charge on any atom is -0.314 e. The third-order valence-corrected chi connectivity index (χ3v) is 4.31. The molecule has 3 nitrogen and oxygen atoms in total. The number of piperidine rings is 1. The second-order valence-electron chi connectivity index (χ2n) is 5.33. The molecule has 1 fully saturated rings. The zero-order valence-corrected chi connectivity index (χ0v) is 12.2. The fraction of sp³-hybridized carbons (Fsp3) is 1.00. The van der Waals surface area contributed by atoms with E-state index >= 15 is 0 Å². The Morgan fingerprint density at radius 3 is 2.59 bits per heavy atom. The van der Waals surface area contributed by atoms with Crippen LogP contribution in [-0.2, 0) is 0 Å². The first-order chi connectivity index (χ1) is 8.19. The maximum Gasteiger partial charge on any atom is 0.0220 e. The van der Waals surface area contributed by atoms with E-state index in [1.54, 1.807) is 0 Å². The van der Waals surface area contributed by atoms with Gasteiger partial charge in [0, 0.05) is 31.7 Å². The minimum absolute atomic E-state index is 0.746. The van der Waals surface area contributed by atoms with Crippen molar-refractivity contribution in [3.05, 3.63) is 0 Å². The molecule has 0 aromatic rings. The van der Waals surface area contributed by atoms with Crippen molar-refractivity contribution in [1.29, 1.82) is 0 Å². The molecule has 1 saturated heterocycles. The van der Waals surface area contributed by atoms with Crippen LogP contribution in [-0.4, -0.2) is 61.7 Å². The van der Waals surface area contributed by atoms with E-state index in [2.05, 4.69) is 42.9 Å². The summed E-state index contributed by atoms with van der Waals surface area (Å²) < 4.78 is 0. The molecule has 3 heteroatoms. The van der Waals surface area contributed by atoms with Crippen LogP contribution in [0.5, 0.6) is 0 Å². The van der Waals surface area contributed by atoms with Gasteiger partial charge in [0.05, 0.1) is 0 Å². The molecule has 1 aliphatic heterocycles. The molecule has 102 valence electrons. The summed E-state index contributed by atoms with van der Waals surface area (Å²) in [5, 5.41) is 3.62.